The number of aromatic nitrogens is 2. The van der Waals surface area contributed by atoms with Gasteiger partial charge in [0.05, 0.1) is 11.9 Å². The number of nitrogens with two attached hydrogens (primary N) is 1. The van der Waals surface area contributed by atoms with E-state index in [1.54, 1.807) is 0 Å². The van der Waals surface area contributed by atoms with Crippen molar-refractivity contribution in [2.24, 2.45) is 0 Å². The van der Waals surface area contributed by atoms with Crippen LogP contribution in [0.3, 0.4) is 0 Å². The number of aryl methyl sites for hydroxylation is 1. The van der Waals surface area contributed by atoms with Gasteiger partial charge in [0.2, 0.25) is 5.28 Å². The van der Waals surface area contributed by atoms with E-state index in [1.165, 1.54) is 6.20 Å². The molecule has 0 aliphatic heterocycles. The maximum atomic E-state index is 5.77. The van der Waals surface area contributed by atoms with Gasteiger partial charge >= 0.3 is 0 Å². The van der Waals surface area contributed by atoms with Gasteiger partial charge < -0.3 is 11.1 Å². The molecule has 4 nitrogen and oxygen atoms in total. The first-order chi connectivity index (χ1) is 8.06. The standard InChI is InChI=1S/C11H10BrClN4/c1-6-2-3-7(12)4-9(6)16-10-8(14)5-15-11(13)17-10/h2-5H,14H2,1H3,(H,15,16,17). The number of hydrogen-bond donors (Lipinski definition) is 2. The molecule has 6 heteroatoms. The molecule has 0 fully saturated rings. The van der Waals surface area contributed by atoms with Gasteiger partial charge in [0.25, 0.3) is 0 Å². The second-order valence-electron chi connectivity index (χ2n) is 3.53. The number of nitrogens with one attached hydrogen (secondary N) is 1. The van der Waals surface area contributed by atoms with Gasteiger partial charge in [0.15, 0.2) is 5.82 Å². The molecule has 0 radical (unpaired) electrons. The molecule has 1 aromatic carbocycles. The van der Waals surface area contributed by atoms with Crippen molar-refractivity contribution in [2.75, 3.05) is 11.1 Å². The Balaban J connectivity index is 2.37. The van der Waals surface area contributed by atoms with E-state index in [0.29, 0.717) is 11.5 Å². The molecule has 0 bridgehead atoms. The molecule has 88 valence electrons. The van der Waals surface area contributed by atoms with E-state index in [4.69, 9.17) is 17.3 Å². The van der Waals surface area contributed by atoms with Crippen LogP contribution in [0.5, 0.6) is 0 Å². The normalized spacial score (nSPS) is 10.3. The predicted octanol–water partition coefficient (Wildman–Crippen LogP) is 3.53. The average molecular weight is 314 g/mol. The highest BCUT2D eigenvalue weighted by Gasteiger charge is 2.06. The monoisotopic (exact) mass is 312 g/mol. The summed E-state index contributed by atoms with van der Waals surface area (Å²) in [7, 11) is 0. The van der Waals surface area contributed by atoms with Crippen LogP contribution in [0, 0.1) is 6.92 Å². The summed E-state index contributed by atoms with van der Waals surface area (Å²) in [6.45, 7) is 1.99. The third-order valence-corrected chi connectivity index (χ3v) is 2.92. The Bertz CT molecular complexity index is 510. The molecule has 0 unspecified atom stereocenters. The Hall–Kier alpha value is -1.33. The SMILES string of the molecule is Cc1ccc(Br)cc1Nc1nc(Cl)ncc1N. The Morgan fingerprint density at radius 2 is 2.18 bits per heavy atom. The molecule has 3 N–H and O–H groups in total. The van der Waals surface area contributed by atoms with Crippen molar-refractivity contribution >= 4 is 44.7 Å². The van der Waals surface area contributed by atoms with Crippen LogP contribution in [0.4, 0.5) is 17.2 Å². The Kier molecular flexibility index (Phi) is 3.49. The molecule has 1 aromatic heterocycles. The zero-order chi connectivity index (χ0) is 12.4. The van der Waals surface area contributed by atoms with Crippen LogP contribution in [0.25, 0.3) is 0 Å². The minimum atomic E-state index is 0.161. The van der Waals surface area contributed by atoms with Crippen molar-refractivity contribution in [3.8, 4) is 0 Å². The van der Waals surface area contributed by atoms with Crippen molar-refractivity contribution in [1.29, 1.82) is 0 Å². The summed E-state index contributed by atoms with van der Waals surface area (Å²) in [6, 6.07) is 5.91. The highest BCUT2D eigenvalue weighted by Crippen LogP contribution is 2.26. The second kappa shape index (κ2) is 4.89. The van der Waals surface area contributed by atoms with E-state index in [0.717, 1.165) is 15.7 Å². The van der Waals surface area contributed by atoms with Gasteiger partial charge in [-0.25, -0.2) is 4.98 Å². The first-order valence-electron chi connectivity index (χ1n) is 4.87. The lowest BCUT2D eigenvalue weighted by molar-refractivity contribution is 1.17. The fourth-order valence-electron chi connectivity index (χ4n) is 1.33. The molecule has 0 aliphatic rings. The number of rotatable bonds is 2. The van der Waals surface area contributed by atoms with Crippen LogP contribution < -0.4 is 11.1 Å². The topological polar surface area (TPSA) is 63.8 Å². The Morgan fingerprint density at radius 1 is 1.41 bits per heavy atom. The third-order valence-electron chi connectivity index (χ3n) is 2.24. The van der Waals surface area contributed by atoms with E-state index in [9.17, 15) is 0 Å². The van der Waals surface area contributed by atoms with Gasteiger partial charge in [-0.15, -0.1) is 0 Å². The number of nitrogen functional groups attached to an aromatic ring is 1. The molecule has 0 atom stereocenters. The summed E-state index contributed by atoms with van der Waals surface area (Å²) in [5.41, 5.74) is 8.22. The molecular weight excluding hydrogens is 304 g/mol. The highest BCUT2D eigenvalue weighted by molar-refractivity contribution is 9.10. The first-order valence-corrected chi connectivity index (χ1v) is 6.04. The zero-order valence-corrected chi connectivity index (χ0v) is 11.4. The number of nitrogens with zero attached hydrogens (tertiary/aromatic N) is 2. The van der Waals surface area contributed by atoms with Crippen molar-refractivity contribution < 1.29 is 0 Å². The van der Waals surface area contributed by atoms with Crippen LogP contribution >= 0.6 is 27.5 Å². The fourth-order valence-corrected chi connectivity index (χ4v) is 1.82. The summed E-state index contributed by atoms with van der Waals surface area (Å²) < 4.78 is 0.976. The molecule has 17 heavy (non-hydrogen) atoms. The van der Waals surface area contributed by atoms with E-state index >= 15 is 0 Å². The third kappa shape index (κ3) is 2.87. The predicted molar refractivity (Wildman–Crippen MR) is 73.6 cm³/mol. The first kappa shape index (κ1) is 12.1. The smallest absolute Gasteiger partial charge is 0.224 e. The number of anilines is 3. The van der Waals surface area contributed by atoms with Crippen molar-refractivity contribution in [1.82, 2.24) is 9.97 Å². The molecule has 0 saturated heterocycles. The maximum absolute atomic E-state index is 5.77. The summed E-state index contributed by atoms with van der Waals surface area (Å²) in [5.74, 6) is 0.506. The average Bonchev–Trinajstić information content (AvgIpc) is 2.28. The molecular formula is C11H10BrClN4. The fraction of sp³-hybridized carbons (Fsp3) is 0.0909. The van der Waals surface area contributed by atoms with Gasteiger partial charge in [0.1, 0.15) is 0 Å². The number of halogens is 2. The van der Waals surface area contributed by atoms with E-state index in [2.05, 4.69) is 31.2 Å². The molecule has 0 spiro atoms. The Labute approximate surface area is 112 Å². The van der Waals surface area contributed by atoms with Gasteiger partial charge in [-0.2, -0.15) is 4.98 Å². The van der Waals surface area contributed by atoms with Gasteiger partial charge in [-0.05, 0) is 36.2 Å². The summed E-state index contributed by atoms with van der Waals surface area (Å²) >= 11 is 9.14. The van der Waals surface area contributed by atoms with Gasteiger partial charge in [0, 0.05) is 10.2 Å². The van der Waals surface area contributed by atoms with Crippen LogP contribution in [-0.4, -0.2) is 9.97 Å². The molecule has 1 heterocycles. The Morgan fingerprint density at radius 3 is 2.94 bits per heavy atom. The van der Waals surface area contributed by atoms with Crippen molar-refractivity contribution in [3.05, 3.63) is 39.7 Å². The second-order valence-corrected chi connectivity index (χ2v) is 4.78. The van der Waals surface area contributed by atoms with E-state index in [-0.39, 0.29) is 5.28 Å². The molecule has 0 aliphatic carbocycles. The van der Waals surface area contributed by atoms with Crippen molar-refractivity contribution in [3.63, 3.8) is 0 Å². The maximum Gasteiger partial charge on any atom is 0.224 e. The molecule has 0 saturated carbocycles. The summed E-state index contributed by atoms with van der Waals surface area (Å²) in [6.07, 6.45) is 1.48. The van der Waals surface area contributed by atoms with E-state index in [1.807, 2.05) is 25.1 Å². The van der Waals surface area contributed by atoms with Gasteiger partial charge in [-0.1, -0.05) is 22.0 Å². The van der Waals surface area contributed by atoms with Crippen LogP contribution in [0.2, 0.25) is 5.28 Å². The van der Waals surface area contributed by atoms with Crippen LogP contribution in [0.1, 0.15) is 5.56 Å². The lowest BCUT2D eigenvalue weighted by atomic mass is 10.2. The lowest BCUT2D eigenvalue weighted by Crippen LogP contribution is -2.01. The summed E-state index contributed by atoms with van der Waals surface area (Å²) in [5, 5.41) is 3.29. The van der Waals surface area contributed by atoms with Crippen LogP contribution in [-0.2, 0) is 0 Å². The highest BCUT2D eigenvalue weighted by atomic mass is 79.9. The largest absolute Gasteiger partial charge is 0.394 e. The quantitative estimate of drug-likeness (QED) is 0.833. The molecule has 2 rings (SSSR count). The molecule has 2 aromatic rings. The minimum absolute atomic E-state index is 0.161. The van der Waals surface area contributed by atoms with Crippen LogP contribution in [0.15, 0.2) is 28.9 Å². The number of benzene rings is 1. The summed E-state index contributed by atoms with van der Waals surface area (Å²) in [4.78, 5) is 7.84. The zero-order valence-electron chi connectivity index (χ0n) is 9.04. The minimum Gasteiger partial charge on any atom is -0.394 e. The lowest BCUT2D eigenvalue weighted by Gasteiger charge is -2.10. The molecule has 0 amide bonds. The van der Waals surface area contributed by atoms with E-state index < -0.39 is 0 Å². The number of hydrogen-bond acceptors (Lipinski definition) is 4. The van der Waals surface area contributed by atoms with Gasteiger partial charge in [-0.3, -0.25) is 0 Å². The van der Waals surface area contributed by atoms with Crippen molar-refractivity contribution in [2.45, 2.75) is 6.92 Å².